The van der Waals surface area contributed by atoms with Gasteiger partial charge in [-0.25, -0.2) is 5.84 Å². The van der Waals surface area contributed by atoms with Crippen molar-refractivity contribution in [1.82, 2.24) is 5.43 Å². The molecule has 0 saturated carbocycles. The molecule has 0 amide bonds. The molecule has 0 bridgehead atoms. The zero-order valence-electron chi connectivity index (χ0n) is 4.52. The molecule has 0 unspecified atom stereocenters. The molecule has 42 valence electrons. The van der Waals surface area contributed by atoms with Crippen LogP contribution < -0.4 is 11.3 Å². The number of nitrogens with one attached hydrogen (secondary N) is 1. The van der Waals surface area contributed by atoms with Gasteiger partial charge < -0.3 is 5.43 Å². The maximum atomic E-state index is 4.87. The fraction of sp³-hybridized carbons (Fsp3) is 0.750. The Balaban J connectivity index is 2.78. The van der Waals surface area contributed by atoms with Gasteiger partial charge in [-0.05, 0) is 6.42 Å². The van der Waals surface area contributed by atoms with E-state index in [1.807, 2.05) is 0 Å². The highest BCUT2D eigenvalue weighted by molar-refractivity contribution is 5.52. The molecule has 3 N–H and O–H groups in total. The Bertz CT molecular complexity index is 50.9. The summed E-state index contributed by atoms with van der Waals surface area (Å²) in [6.07, 6.45) is 2.56. The lowest BCUT2D eigenvalue weighted by atomic mass is 10.5. The average Bonchev–Trinajstić information content (AvgIpc) is 1.69. The lowest BCUT2D eigenvalue weighted by Crippen LogP contribution is -2.19. The fourth-order valence-corrected chi connectivity index (χ4v) is 0.246. The van der Waals surface area contributed by atoms with Crippen molar-refractivity contribution in [2.24, 2.45) is 10.8 Å². The first-order chi connectivity index (χ1) is 3.41. The van der Waals surface area contributed by atoms with Gasteiger partial charge >= 0.3 is 0 Å². The van der Waals surface area contributed by atoms with E-state index < -0.39 is 0 Å². The van der Waals surface area contributed by atoms with E-state index in [0.717, 1.165) is 13.0 Å². The van der Waals surface area contributed by atoms with E-state index in [2.05, 4.69) is 17.3 Å². The molecule has 3 heteroatoms. The summed E-state index contributed by atoms with van der Waals surface area (Å²) < 4.78 is 0. The topological polar surface area (TPSA) is 50.4 Å². The van der Waals surface area contributed by atoms with Crippen molar-refractivity contribution >= 4 is 6.34 Å². The first-order valence-electron chi connectivity index (χ1n) is 2.36. The summed E-state index contributed by atoms with van der Waals surface area (Å²) in [7, 11) is 0. The molecular formula is C4H11N3. The van der Waals surface area contributed by atoms with Gasteiger partial charge in [0, 0.05) is 6.54 Å². The van der Waals surface area contributed by atoms with Gasteiger partial charge in [0.15, 0.2) is 0 Å². The van der Waals surface area contributed by atoms with Gasteiger partial charge in [-0.15, -0.1) is 0 Å². The van der Waals surface area contributed by atoms with Crippen molar-refractivity contribution in [2.45, 2.75) is 13.3 Å². The van der Waals surface area contributed by atoms with Crippen LogP contribution in [0.3, 0.4) is 0 Å². The molecule has 7 heavy (non-hydrogen) atoms. The summed E-state index contributed by atoms with van der Waals surface area (Å²) in [6.45, 7) is 2.91. The Labute approximate surface area is 43.6 Å². The SMILES string of the molecule is CCCN=CNN. The van der Waals surface area contributed by atoms with Crippen LogP contribution in [0.25, 0.3) is 0 Å². The number of rotatable bonds is 3. The molecule has 0 aliphatic rings. The van der Waals surface area contributed by atoms with E-state index in [4.69, 9.17) is 5.84 Å². The van der Waals surface area contributed by atoms with Crippen molar-refractivity contribution in [3.63, 3.8) is 0 Å². The van der Waals surface area contributed by atoms with Gasteiger partial charge in [-0.1, -0.05) is 6.92 Å². The van der Waals surface area contributed by atoms with E-state index in [0.29, 0.717) is 0 Å². The predicted molar refractivity (Wildman–Crippen MR) is 31.0 cm³/mol. The Morgan fingerprint density at radius 3 is 3.00 bits per heavy atom. The minimum Gasteiger partial charge on any atom is -0.315 e. The number of hydrogen-bond donors (Lipinski definition) is 2. The minimum atomic E-state index is 0.851. The first-order valence-corrected chi connectivity index (χ1v) is 2.36. The van der Waals surface area contributed by atoms with Crippen molar-refractivity contribution in [3.05, 3.63) is 0 Å². The molecule has 0 aliphatic carbocycles. The Kier molecular flexibility index (Phi) is 4.99. The minimum absolute atomic E-state index is 0.851. The van der Waals surface area contributed by atoms with Crippen LogP contribution in [0, 0.1) is 0 Å². The normalized spacial score (nSPS) is 10.0. The summed E-state index contributed by atoms with van der Waals surface area (Å²) in [5.41, 5.74) is 2.31. The van der Waals surface area contributed by atoms with Crippen molar-refractivity contribution < 1.29 is 0 Å². The highest BCUT2D eigenvalue weighted by Gasteiger charge is 1.67. The smallest absolute Gasteiger partial charge is 0.0964 e. The number of aliphatic imine (C=N–C) groups is 1. The number of hydrazine groups is 1. The molecule has 0 fully saturated rings. The highest BCUT2D eigenvalue weighted by atomic mass is 15.2. The summed E-state index contributed by atoms with van der Waals surface area (Å²) in [5.74, 6) is 4.87. The van der Waals surface area contributed by atoms with Crippen LogP contribution in [-0.2, 0) is 0 Å². The number of nitrogens with two attached hydrogens (primary N) is 1. The number of hydrogen-bond acceptors (Lipinski definition) is 2. The second-order valence-corrected chi connectivity index (χ2v) is 1.20. The summed E-state index contributed by atoms with van der Waals surface area (Å²) in [4.78, 5) is 3.85. The summed E-state index contributed by atoms with van der Waals surface area (Å²) in [6, 6.07) is 0. The Morgan fingerprint density at radius 2 is 2.57 bits per heavy atom. The molecule has 0 aromatic carbocycles. The molecule has 0 heterocycles. The molecule has 0 aliphatic heterocycles. The van der Waals surface area contributed by atoms with Crippen molar-refractivity contribution in [3.8, 4) is 0 Å². The third kappa shape index (κ3) is 5.43. The molecule has 3 nitrogen and oxygen atoms in total. The van der Waals surface area contributed by atoms with Crippen LogP contribution in [0.1, 0.15) is 13.3 Å². The van der Waals surface area contributed by atoms with Gasteiger partial charge in [0.1, 0.15) is 0 Å². The molecule has 0 spiro atoms. The molecule has 0 aromatic rings. The van der Waals surface area contributed by atoms with Gasteiger partial charge in [-0.3, -0.25) is 4.99 Å². The van der Waals surface area contributed by atoms with E-state index >= 15 is 0 Å². The highest BCUT2D eigenvalue weighted by Crippen LogP contribution is 1.71. The third-order valence-corrected chi connectivity index (χ3v) is 0.519. The fourth-order valence-electron chi connectivity index (χ4n) is 0.246. The van der Waals surface area contributed by atoms with E-state index in [9.17, 15) is 0 Å². The quantitative estimate of drug-likeness (QED) is 0.225. The first kappa shape index (κ1) is 6.43. The van der Waals surface area contributed by atoms with Crippen LogP contribution in [-0.4, -0.2) is 12.9 Å². The Morgan fingerprint density at radius 1 is 1.86 bits per heavy atom. The zero-order chi connectivity index (χ0) is 5.54. The van der Waals surface area contributed by atoms with Gasteiger partial charge in [0.05, 0.1) is 6.34 Å². The summed E-state index contributed by atoms with van der Waals surface area (Å²) >= 11 is 0. The van der Waals surface area contributed by atoms with E-state index in [-0.39, 0.29) is 0 Å². The molecular weight excluding hydrogens is 90.1 g/mol. The lowest BCUT2D eigenvalue weighted by molar-refractivity contribution is 0.919. The molecule has 0 saturated heterocycles. The second-order valence-electron chi connectivity index (χ2n) is 1.20. The third-order valence-electron chi connectivity index (χ3n) is 0.519. The standard InChI is InChI=1S/C4H11N3/c1-2-3-6-4-7-5/h4H,2-3,5H2,1H3,(H,6,7). The molecule has 0 radical (unpaired) electrons. The van der Waals surface area contributed by atoms with Crippen LogP contribution in [0.5, 0.6) is 0 Å². The van der Waals surface area contributed by atoms with Gasteiger partial charge in [0.25, 0.3) is 0 Å². The van der Waals surface area contributed by atoms with Crippen LogP contribution in [0.4, 0.5) is 0 Å². The molecule has 0 aromatic heterocycles. The van der Waals surface area contributed by atoms with Crippen molar-refractivity contribution in [1.29, 1.82) is 0 Å². The Hall–Kier alpha value is -0.570. The van der Waals surface area contributed by atoms with Gasteiger partial charge in [-0.2, -0.15) is 0 Å². The van der Waals surface area contributed by atoms with E-state index in [1.165, 1.54) is 6.34 Å². The van der Waals surface area contributed by atoms with E-state index in [1.54, 1.807) is 0 Å². The second kappa shape index (κ2) is 5.43. The van der Waals surface area contributed by atoms with Crippen LogP contribution >= 0.6 is 0 Å². The summed E-state index contributed by atoms with van der Waals surface area (Å²) in [5, 5.41) is 0. The van der Waals surface area contributed by atoms with Crippen molar-refractivity contribution in [2.75, 3.05) is 6.54 Å². The number of nitrogens with zero attached hydrogens (tertiary/aromatic N) is 1. The van der Waals surface area contributed by atoms with Crippen LogP contribution in [0.2, 0.25) is 0 Å². The zero-order valence-corrected chi connectivity index (χ0v) is 4.52. The average molecular weight is 101 g/mol. The monoisotopic (exact) mass is 101 g/mol. The largest absolute Gasteiger partial charge is 0.315 e. The lowest BCUT2D eigenvalue weighted by Gasteiger charge is -1.83. The molecule has 0 rings (SSSR count). The van der Waals surface area contributed by atoms with Gasteiger partial charge in [0.2, 0.25) is 0 Å². The van der Waals surface area contributed by atoms with Crippen LogP contribution in [0.15, 0.2) is 4.99 Å². The maximum absolute atomic E-state index is 4.87. The predicted octanol–water partition coefficient (Wildman–Crippen LogP) is -0.112. The molecule has 0 atom stereocenters. The maximum Gasteiger partial charge on any atom is 0.0964 e.